The highest BCUT2D eigenvalue weighted by atomic mass is 32.1. The van der Waals surface area contributed by atoms with Crippen LogP contribution in [0.1, 0.15) is 16.8 Å². The SMILES string of the molecule is CCc1nc(-c2ccc(C)s2)cs1. The number of aromatic nitrogens is 1. The quantitative estimate of drug-likeness (QED) is 0.734. The minimum atomic E-state index is 1.04. The van der Waals surface area contributed by atoms with Gasteiger partial charge in [-0.15, -0.1) is 22.7 Å². The van der Waals surface area contributed by atoms with E-state index >= 15 is 0 Å². The van der Waals surface area contributed by atoms with E-state index in [-0.39, 0.29) is 0 Å². The summed E-state index contributed by atoms with van der Waals surface area (Å²) < 4.78 is 0. The Hall–Kier alpha value is -0.670. The van der Waals surface area contributed by atoms with E-state index in [1.165, 1.54) is 14.8 Å². The molecule has 2 aromatic rings. The molecule has 0 radical (unpaired) electrons. The lowest BCUT2D eigenvalue weighted by atomic mass is 10.4. The molecule has 0 aliphatic heterocycles. The fourth-order valence-electron chi connectivity index (χ4n) is 1.16. The van der Waals surface area contributed by atoms with Crippen molar-refractivity contribution in [3.05, 3.63) is 27.4 Å². The molecule has 13 heavy (non-hydrogen) atoms. The maximum Gasteiger partial charge on any atom is 0.0930 e. The molecule has 0 aromatic carbocycles. The molecule has 2 heterocycles. The van der Waals surface area contributed by atoms with Gasteiger partial charge in [0.25, 0.3) is 0 Å². The summed E-state index contributed by atoms with van der Waals surface area (Å²) in [5.74, 6) is 0. The second kappa shape index (κ2) is 3.60. The number of nitrogens with zero attached hydrogens (tertiary/aromatic N) is 1. The van der Waals surface area contributed by atoms with Crippen molar-refractivity contribution in [2.75, 3.05) is 0 Å². The lowest BCUT2D eigenvalue weighted by Crippen LogP contribution is -1.76. The van der Waals surface area contributed by atoms with E-state index in [9.17, 15) is 0 Å². The van der Waals surface area contributed by atoms with Crippen molar-refractivity contribution < 1.29 is 0 Å². The van der Waals surface area contributed by atoms with Gasteiger partial charge in [0.2, 0.25) is 0 Å². The van der Waals surface area contributed by atoms with E-state index < -0.39 is 0 Å². The third-order valence-electron chi connectivity index (χ3n) is 1.85. The molecule has 0 aliphatic rings. The Morgan fingerprint density at radius 3 is 2.77 bits per heavy atom. The van der Waals surface area contributed by atoms with Crippen LogP contribution >= 0.6 is 22.7 Å². The summed E-state index contributed by atoms with van der Waals surface area (Å²) in [7, 11) is 0. The zero-order valence-corrected chi connectivity index (χ0v) is 9.34. The number of hydrogen-bond acceptors (Lipinski definition) is 3. The Kier molecular flexibility index (Phi) is 2.47. The van der Waals surface area contributed by atoms with Crippen molar-refractivity contribution in [3.63, 3.8) is 0 Å². The van der Waals surface area contributed by atoms with Crippen molar-refractivity contribution in [3.8, 4) is 10.6 Å². The number of thiazole rings is 1. The summed E-state index contributed by atoms with van der Waals surface area (Å²) >= 11 is 3.56. The third-order valence-corrected chi connectivity index (χ3v) is 3.86. The molecule has 0 saturated heterocycles. The first-order valence-corrected chi connectivity index (χ1v) is 6.00. The highest BCUT2D eigenvalue weighted by Gasteiger charge is 2.04. The van der Waals surface area contributed by atoms with Crippen molar-refractivity contribution in [2.24, 2.45) is 0 Å². The number of thiophene rings is 1. The molecule has 68 valence electrons. The minimum absolute atomic E-state index is 1.04. The summed E-state index contributed by atoms with van der Waals surface area (Å²) in [6.07, 6.45) is 1.04. The van der Waals surface area contributed by atoms with Crippen LogP contribution in [-0.2, 0) is 6.42 Å². The molecule has 0 atom stereocenters. The number of hydrogen-bond donors (Lipinski definition) is 0. The monoisotopic (exact) mass is 209 g/mol. The van der Waals surface area contributed by atoms with Gasteiger partial charge in [0, 0.05) is 10.3 Å². The first-order chi connectivity index (χ1) is 6.29. The predicted molar refractivity (Wildman–Crippen MR) is 59.5 cm³/mol. The van der Waals surface area contributed by atoms with Crippen LogP contribution < -0.4 is 0 Å². The average Bonchev–Trinajstić information content (AvgIpc) is 2.71. The average molecular weight is 209 g/mol. The molecular weight excluding hydrogens is 198 g/mol. The number of aryl methyl sites for hydroxylation is 2. The van der Waals surface area contributed by atoms with Gasteiger partial charge in [-0.3, -0.25) is 0 Å². The largest absolute Gasteiger partial charge is 0.240 e. The van der Waals surface area contributed by atoms with Crippen molar-refractivity contribution in [1.82, 2.24) is 4.98 Å². The zero-order chi connectivity index (χ0) is 9.26. The predicted octanol–water partition coefficient (Wildman–Crippen LogP) is 3.74. The molecule has 1 nitrogen and oxygen atoms in total. The summed E-state index contributed by atoms with van der Waals surface area (Å²) in [4.78, 5) is 7.18. The topological polar surface area (TPSA) is 12.9 Å². The number of rotatable bonds is 2. The fourth-order valence-corrected chi connectivity index (χ4v) is 2.81. The van der Waals surface area contributed by atoms with Gasteiger partial charge in [-0.25, -0.2) is 4.98 Å². The molecule has 0 bridgehead atoms. The van der Waals surface area contributed by atoms with Crippen LogP contribution in [0, 0.1) is 6.92 Å². The fraction of sp³-hybridized carbons (Fsp3) is 0.300. The lowest BCUT2D eigenvalue weighted by molar-refractivity contribution is 1.10. The van der Waals surface area contributed by atoms with Crippen molar-refractivity contribution in [2.45, 2.75) is 20.3 Å². The Labute approximate surface area is 86.1 Å². The zero-order valence-electron chi connectivity index (χ0n) is 7.70. The second-order valence-electron chi connectivity index (χ2n) is 2.89. The van der Waals surface area contributed by atoms with Gasteiger partial charge in [-0.05, 0) is 25.5 Å². The van der Waals surface area contributed by atoms with Gasteiger partial charge >= 0.3 is 0 Å². The van der Waals surface area contributed by atoms with Gasteiger partial charge in [0.1, 0.15) is 0 Å². The summed E-state index contributed by atoms with van der Waals surface area (Å²) in [6, 6.07) is 4.29. The third kappa shape index (κ3) is 1.81. The summed E-state index contributed by atoms with van der Waals surface area (Å²) in [5, 5.41) is 3.37. The maximum atomic E-state index is 4.54. The highest BCUT2D eigenvalue weighted by Crippen LogP contribution is 2.28. The first-order valence-electron chi connectivity index (χ1n) is 4.31. The molecule has 0 spiro atoms. The Bertz CT molecular complexity index is 400. The first kappa shape index (κ1) is 8.91. The van der Waals surface area contributed by atoms with Crippen LogP contribution in [0.3, 0.4) is 0 Å². The van der Waals surface area contributed by atoms with E-state index in [0.717, 1.165) is 12.1 Å². The smallest absolute Gasteiger partial charge is 0.0930 e. The van der Waals surface area contributed by atoms with E-state index in [2.05, 4.69) is 36.3 Å². The second-order valence-corrected chi connectivity index (χ2v) is 5.12. The standard InChI is InChI=1S/C10H11NS2/c1-3-10-11-8(6-12-10)9-5-4-7(2)13-9/h4-6H,3H2,1-2H3. The van der Waals surface area contributed by atoms with E-state index in [1.54, 1.807) is 11.3 Å². The highest BCUT2D eigenvalue weighted by molar-refractivity contribution is 7.16. The van der Waals surface area contributed by atoms with Gasteiger partial charge in [-0.2, -0.15) is 0 Å². The van der Waals surface area contributed by atoms with Crippen LogP contribution in [0.5, 0.6) is 0 Å². The van der Waals surface area contributed by atoms with E-state index in [0.29, 0.717) is 0 Å². The lowest BCUT2D eigenvalue weighted by Gasteiger charge is -1.87. The molecule has 0 fully saturated rings. The van der Waals surface area contributed by atoms with E-state index in [4.69, 9.17) is 0 Å². The van der Waals surface area contributed by atoms with Crippen molar-refractivity contribution in [1.29, 1.82) is 0 Å². The Balaban J connectivity index is 2.35. The van der Waals surface area contributed by atoms with Gasteiger partial charge in [-0.1, -0.05) is 6.92 Å². The van der Waals surface area contributed by atoms with Crippen LogP contribution in [0.4, 0.5) is 0 Å². The van der Waals surface area contributed by atoms with Gasteiger partial charge < -0.3 is 0 Å². The molecular formula is C10H11NS2. The van der Waals surface area contributed by atoms with Gasteiger partial charge in [0.05, 0.1) is 15.6 Å². The van der Waals surface area contributed by atoms with Crippen LogP contribution in [0.15, 0.2) is 17.5 Å². The van der Waals surface area contributed by atoms with Crippen LogP contribution in [0.25, 0.3) is 10.6 Å². The maximum absolute atomic E-state index is 4.54. The van der Waals surface area contributed by atoms with Crippen molar-refractivity contribution >= 4 is 22.7 Å². The molecule has 2 aromatic heterocycles. The van der Waals surface area contributed by atoms with Crippen LogP contribution in [-0.4, -0.2) is 4.98 Å². The normalized spacial score (nSPS) is 10.6. The van der Waals surface area contributed by atoms with E-state index in [1.807, 2.05) is 11.3 Å². The molecule has 0 saturated carbocycles. The molecule has 3 heteroatoms. The Morgan fingerprint density at radius 2 is 2.23 bits per heavy atom. The summed E-state index contributed by atoms with van der Waals surface area (Å²) in [6.45, 7) is 4.27. The Morgan fingerprint density at radius 1 is 1.38 bits per heavy atom. The molecule has 2 rings (SSSR count). The molecule has 0 aliphatic carbocycles. The minimum Gasteiger partial charge on any atom is -0.240 e. The van der Waals surface area contributed by atoms with Gasteiger partial charge in [0.15, 0.2) is 0 Å². The van der Waals surface area contributed by atoms with Crippen LogP contribution in [0.2, 0.25) is 0 Å². The summed E-state index contributed by atoms with van der Waals surface area (Å²) in [5.41, 5.74) is 1.14. The molecule has 0 amide bonds. The molecule has 0 N–H and O–H groups in total. The molecule has 0 unspecified atom stereocenters.